The second-order valence-electron chi connectivity index (χ2n) is 2.69. The first-order valence-electron chi connectivity index (χ1n) is 6.87. The highest BCUT2D eigenvalue weighted by atomic mass is 35.5. The Kier molecular flexibility index (Phi) is 1.15. The van der Waals surface area contributed by atoms with Gasteiger partial charge in [-0.2, -0.15) is 0 Å². The lowest BCUT2D eigenvalue weighted by molar-refractivity contribution is 0.168. The maximum Gasteiger partial charge on any atom is 0.0810 e. The first kappa shape index (κ1) is 4.20. The summed E-state index contributed by atoms with van der Waals surface area (Å²) in [4.78, 5) is 0. The van der Waals surface area contributed by atoms with Gasteiger partial charge < -0.3 is 10.4 Å². The van der Waals surface area contributed by atoms with Crippen LogP contribution < -0.4 is 5.32 Å². The molecule has 1 heterocycles. The predicted octanol–water partition coefficient (Wildman–Crippen LogP) is 2.58. The average Bonchev–Trinajstić information content (AvgIpc) is 2.39. The molecular weight excluding hydrogens is 186 g/mol. The normalized spacial score (nSPS) is 37.7. The zero-order valence-corrected chi connectivity index (χ0v) is 7.50. The van der Waals surface area contributed by atoms with E-state index in [1.54, 1.807) is 0 Å². The molecule has 70 valence electrons. The Balaban J connectivity index is 2.81. The van der Waals surface area contributed by atoms with Crippen LogP contribution in [-0.2, 0) is 0 Å². The van der Waals surface area contributed by atoms with Crippen molar-refractivity contribution in [2.24, 2.45) is 0 Å². The zero-order valence-electron chi connectivity index (χ0n) is 12.7. The van der Waals surface area contributed by atoms with E-state index in [0.29, 0.717) is 0 Å². The van der Waals surface area contributed by atoms with E-state index in [1.165, 1.54) is 0 Å². The summed E-state index contributed by atoms with van der Waals surface area (Å²) in [5, 5.41) is 12.2. The number of hydrogen-bond acceptors (Lipinski definition) is 2. The fourth-order valence-corrected chi connectivity index (χ4v) is 1.29. The monoisotopic (exact) mass is 203 g/mol. The molecule has 0 radical (unpaired) electrons. The fraction of sp³-hybridized carbons (Fsp3) is 0.400. The molecule has 0 amide bonds. The molecule has 0 aliphatic carbocycles. The van der Waals surface area contributed by atoms with Crippen LogP contribution in [0.4, 0.5) is 5.69 Å². The molecule has 3 heteroatoms. The van der Waals surface area contributed by atoms with Crippen molar-refractivity contribution >= 4 is 17.3 Å². The van der Waals surface area contributed by atoms with Gasteiger partial charge in [-0.3, -0.25) is 0 Å². The molecule has 1 unspecified atom stereocenters. The summed E-state index contributed by atoms with van der Waals surface area (Å²) in [6.45, 7) is -1.92. The Bertz CT molecular complexity index is 548. The van der Waals surface area contributed by atoms with E-state index in [4.69, 9.17) is 19.8 Å². The highest BCUT2D eigenvalue weighted by Crippen LogP contribution is 2.31. The second kappa shape index (κ2) is 3.56. The van der Waals surface area contributed by atoms with Gasteiger partial charge in [0, 0.05) is 25.5 Å². The standard InChI is InChI=1S/C10H12ClNO/c11-7-3-4-8-9(6-7)12-5-1-2-10(8)13/h3-4,6,10,12-13H,1-2,5H2/i3D,4D,5D2,6D,10D. The van der Waals surface area contributed by atoms with E-state index >= 15 is 0 Å². The maximum atomic E-state index is 10.1. The average molecular weight is 204 g/mol. The Morgan fingerprint density at radius 1 is 1.77 bits per heavy atom. The van der Waals surface area contributed by atoms with Crippen molar-refractivity contribution in [1.82, 2.24) is 0 Å². The minimum absolute atomic E-state index is 0.161. The lowest BCUT2D eigenvalue weighted by Gasteiger charge is -2.11. The van der Waals surface area contributed by atoms with Gasteiger partial charge in [-0.15, -0.1) is 0 Å². The van der Waals surface area contributed by atoms with E-state index in [1.807, 2.05) is 0 Å². The van der Waals surface area contributed by atoms with Crippen molar-refractivity contribution in [3.05, 3.63) is 28.7 Å². The minimum Gasteiger partial charge on any atom is -0.388 e. The van der Waals surface area contributed by atoms with Gasteiger partial charge in [-0.1, -0.05) is 17.6 Å². The van der Waals surface area contributed by atoms with Gasteiger partial charge in [0.1, 0.15) is 0 Å². The lowest BCUT2D eigenvalue weighted by atomic mass is 10.1. The molecule has 0 saturated heterocycles. The van der Waals surface area contributed by atoms with Crippen LogP contribution in [0.3, 0.4) is 0 Å². The third-order valence-electron chi connectivity index (χ3n) is 1.77. The van der Waals surface area contributed by atoms with Crippen LogP contribution >= 0.6 is 11.6 Å². The number of rotatable bonds is 0. The quantitative estimate of drug-likeness (QED) is 0.680. The summed E-state index contributed by atoms with van der Waals surface area (Å²) in [6, 6.07) is -1.28. The van der Waals surface area contributed by atoms with Gasteiger partial charge in [0.25, 0.3) is 0 Å². The summed E-state index contributed by atoms with van der Waals surface area (Å²) in [6.07, 6.45) is -2.63. The third kappa shape index (κ3) is 1.79. The summed E-state index contributed by atoms with van der Waals surface area (Å²) in [5.41, 5.74) is -0.459. The molecule has 1 aromatic carbocycles. The Hall–Kier alpha value is -0.730. The molecule has 0 spiro atoms. The number of anilines is 1. The van der Waals surface area contributed by atoms with Crippen LogP contribution in [0.25, 0.3) is 0 Å². The van der Waals surface area contributed by atoms with Crippen LogP contribution in [-0.4, -0.2) is 11.6 Å². The smallest absolute Gasteiger partial charge is 0.0810 e. The maximum absolute atomic E-state index is 10.1. The fourth-order valence-electron chi connectivity index (χ4n) is 1.15. The van der Waals surface area contributed by atoms with Crippen LogP contribution in [0.1, 0.15) is 32.7 Å². The molecule has 1 aromatic rings. The van der Waals surface area contributed by atoms with Crippen molar-refractivity contribution in [2.75, 3.05) is 11.8 Å². The van der Waals surface area contributed by atoms with Gasteiger partial charge in [0.05, 0.1) is 11.6 Å². The Morgan fingerprint density at radius 2 is 2.62 bits per heavy atom. The number of nitrogens with one attached hydrogen (secondary N) is 1. The largest absolute Gasteiger partial charge is 0.388 e. The molecule has 13 heavy (non-hydrogen) atoms. The summed E-state index contributed by atoms with van der Waals surface area (Å²) in [5.74, 6) is 0. The van der Waals surface area contributed by atoms with Crippen molar-refractivity contribution in [2.45, 2.75) is 18.9 Å². The van der Waals surface area contributed by atoms with Crippen molar-refractivity contribution < 1.29 is 13.3 Å². The van der Waals surface area contributed by atoms with Gasteiger partial charge in [-0.25, -0.2) is 0 Å². The Labute approximate surface area is 91.0 Å². The van der Waals surface area contributed by atoms with E-state index in [-0.39, 0.29) is 35.2 Å². The molecule has 0 bridgehead atoms. The van der Waals surface area contributed by atoms with Crippen LogP contribution in [0.5, 0.6) is 0 Å². The Morgan fingerprint density at radius 3 is 3.46 bits per heavy atom. The van der Waals surface area contributed by atoms with Crippen molar-refractivity contribution in [1.29, 1.82) is 0 Å². The number of aliphatic hydroxyl groups is 1. The van der Waals surface area contributed by atoms with Crippen LogP contribution in [0.2, 0.25) is 5.02 Å². The van der Waals surface area contributed by atoms with Crippen LogP contribution in [0, 0.1) is 0 Å². The highest BCUT2D eigenvalue weighted by molar-refractivity contribution is 6.30. The summed E-state index contributed by atoms with van der Waals surface area (Å²) < 4.78 is 46.4. The summed E-state index contributed by atoms with van der Waals surface area (Å²) in [7, 11) is 0. The summed E-state index contributed by atoms with van der Waals surface area (Å²) >= 11 is 5.76. The van der Waals surface area contributed by atoms with Crippen molar-refractivity contribution in [3.63, 3.8) is 0 Å². The number of hydrogen-bond donors (Lipinski definition) is 2. The second-order valence-corrected chi connectivity index (χ2v) is 3.07. The minimum atomic E-state index is -2.22. The van der Waals surface area contributed by atoms with Gasteiger partial charge in [0.15, 0.2) is 0 Å². The molecule has 1 atom stereocenters. The predicted molar refractivity (Wildman–Crippen MR) is 54.1 cm³/mol. The van der Waals surface area contributed by atoms with Crippen molar-refractivity contribution in [3.8, 4) is 0 Å². The molecule has 2 nitrogen and oxygen atoms in total. The lowest BCUT2D eigenvalue weighted by Crippen LogP contribution is -1.99. The molecule has 1 aliphatic heterocycles. The molecule has 2 N–H and O–H groups in total. The van der Waals surface area contributed by atoms with E-state index in [2.05, 4.69) is 5.32 Å². The third-order valence-corrected chi connectivity index (χ3v) is 1.96. The number of benzene rings is 1. The zero-order chi connectivity index (χ0) is 14.6. The first-order chi connectivity index (χ1) is 8.57. The van der Waals surface area contributed by atoms with Gasteiger partial charge in [0.2, 0.25) is 0 Å². The topological polar surface area (TPSA) is 32.3 Å². The molecule has 1 aliphatic rings. The SMILES string of the molecule is [2H]c1c([2H])c2c(c([2H])c1Cl)NC([2H])([2H])CCC2([2H])O. The van der Waals surface area contributed by atoms with Gasteiger partial charge in [-0.05, 0) is 24.9 Å². The van der Waals surface area contributed by atoms with E-state index in [0.717, 1.165) is 0 Å². The van der Waals surface area contributed by atoms with E-state index in [9.17, 15) is 5.11 Å². The molecule has 0 aromatic heterocycles. The van der Waals surface area contributed by atoms with Crippen LogP contribution in [0.15, 0.2) is 18.1 Å². The van der Waals surface area contributed by atoms with E-state index < -0.39 is 24.7 Å². The molecule has 2 rings (SSSR count). The number of fused-ring (bicyclic) bond motifs is 1. The molecule has 0 saturated carbocycles. The molecule has 0 fully saturated rings. The first-order valence-corrected chi connectivity index (χ1v) is 4.25. The highest BCUT2D eigenvalue weighted by Gasteiger charge is 2.15. The van der Waals surface area contributed by atoms with Gasteiger partial charge >= 0.3 is 0 Å². The molecular formula is C10H12ClNO. The number of halogens is 1.